The molecular weight excluding hydrogens is 452 g/mol. The van der Waals surface area contributed by atoms with Gasteiger partial charge >= 0.3 is 0 Å². The Kier molecular flexibility index (Phi) is 7.14. The maximum atomic E-state index is 13.0. The van der Waals surface area contributed by atoms with Crippen LogP contribution in [0.1, 0.15) is 61.4 Å². The van der Waals surface area contributed by atoms with Crippen molar-refractivity contribution in [3.63, 3.8) is 0 Å². The number of anilines is 1. The minimum absolute atomic E-state index is 0.0215. The number of nitrogens with two attached hydrogens (primary N) is 1. The SMILES string of the molecule is CC(=O)N[C@H]1CC[C@@H](Oc2nc(-c3cccc(C#N)c3)nc(N)c2C(=O)NOCC2(O)CCC2)C1. The molecule has 2 amide bonds. The highest BCUT2D eigenvalue weighted by Crippen LogP contribution is 2.32. The van der Waals surface area contributed by atoms with E-state index < -0.39 is 11.5 Å². The summed E-state index contributed by atoms with van der Waals surface area (Å²) in [5, 5.41) is 22.3. The van der Waals surface area contributed by atoms with Gasteiger partial charge in [0.15, 0.2) is 5.82 Å². The second-order valence-corrected chi connectivity index (χ2v) is 9.05. The summed E-state index contributed by atoms with van der Waals surface area (Å²) in [6.07, 6.45) is 3.74. The van der Waals surface area contributed by atoms with Gasteiger partial charge in [0.1, 0.15) is 24.1 Å². The van der Waals surface area contributed by atoms with Crippen LogP contribution in [0.25, 0.3) is 11.4 Å². The zero-order valence-corrected chi connectivity index (χ0v) is 19.4. The molecule has 1 heterocycles. The quantitative estimate of drug-likeness (QED) is 0.409. The number of nitrogen functional groups attached to an aromatic ring is 1. The zero-order chi connectivity index (χ0) is 25.0. The van der Waals surface area contributed by atoms with E-state index in [2.05, 4.69) is 26.8 Å². The first-order valence-electron chi connectivity index (χ1n) is 11.5. The van der Waals surface area contributed by atoms with Gasteiger partial charge in [0.25, 0.3) is 5.91 Å². The number of carbonyl (C=O) groups excluding carboxylic acids is 2. The number of nitrogens with zero attached hydrogens (tertiary/aromatic N) is 3. The second kappa shape index (κ2) is 10.2. The predicted octanol–water partition coefficient (Wildman–Crippen LogP) is 1.61. The van der Waals surface area contributed by atoms with Gasteiger partial charge in [0.05, 0.1) is 17.2 Å². The summed E-state index contributed by atoms with van der Waals surface area (Å²) >= 11 is 0. The van der Waals surface area contributed by atoms with Crippen molar-refractivity contribution < 1.29 is 24.3 Å². The number of hydrogen-bond donors (Lipinski definition) is 4. The molecule has 1 aromatic heterocycles. The normalized spacial score (nSPS) is 20.4. The van der Waals surface area contributed by atoms with Crippen LogP contribution in [0.5, 0.6) is 5.88 Å². The first kappa shape index (κ1) is 24.4. The monoisotopic (exact) mass is 480 g/mol. The molecule has 2 atom stereocenters. The third-order valence-electron chi connectivity index (χ3n) is 6.24. The summed E-state index contributed by atoms with van der Waals surface area (Å²) in [6.45, 7) is 1.42. The van der Waals surface area contributed by atoms with Crippen molar-refractivity contribution in [3.05, 3.63) is 35.4 Å². The summed E-state index contributed by atoms with van der Waals surface area (Å²) in [5.41, 5.74) is 8.41. The molecule has 4 rings (SSSR count). The molecule has 5 N–H and O–H groups in total. The molecule has 2 aliphatic carbocycles. The van der Waals surface area contributed by atoms with E-state index in [0.717, 1.165) is 12.8 Å². The largest absolute Gasteiger partial charge is 0.474 e. The molecule has 0 spiro atoms. The van der Waals surface area contributed by atoms with Crippen molar-refractivity contribution in [1.29, 1.82) is 5.26 Å². The fraction of sp³-hybridized carbons (Fsp3) is 0.458. The minimum Gasteiger partial charge on any atom is -0.474 e. The summed E-state index contributed by atoms with van der Waals surface area (Å²) < 4.78 is 6.11. The number of benzene rings is 1. The first-order chi connectivity index (χ1) is 16.8. The molecule has 0 unspecified atom stereocenters. The molecule has 11 nitrogen and oxygen atoms in total. The fourth-order valence-electron chi connectivity index (χ4n) is 4.25. The highest BCUT2D eigenvalue weighted by Gasteiger charge is 2.35. The molecule has 0 aliphatic heterocycles. The topological polar surface area (TPSA) is 172 Å². The van der Waals surface area contributed by atoms with Crippen LogP contribution in [0.2, 0.25) is 0 Å². The number of rotatable bonds is 8. The Morgan fingerprint density at radius 3 is 2.80 bits per heavy atom. The highest BCUT2D eigenvalue weighted by molar-refractivity contribution is 6.00. The fourth-order valence-corrected chi connectivity index (χ4v) is 4.25. The van der Waals surface area contributed by atoms with Gasteiger partial charge in [-0.2, -0.15) is 10.2 Å². The van der Waals surface area contributed by atoms with Crippen LogP contribution >= 0.6 is 0 Å². The first-order valence-corrected chi connectivity index (χ1v) is 11.5. The number of carbonyl (C=O) groups is 2. The van der Waals surface area contributed by atoms with Crippen LogP contribution in [0, 0.1) is 11.3 Å². The molecule has 35 heavy (non-hydrogen) atoms. The summed E-state index contributed by atoms with van der Waals surface area (Å²) in [4.78, 5) is 38.3. The lowest BCUT2D eigenvalue weighted by atomic mass is 9.81. The van der Waals surface area contributed by atoms with Crippen LogP contribution in [0.15, 0.2) is 24.3 Å². The zero-order valence-electron chi connectivity index (χ0n) is 19.4. The number of hydroxylamine groups is 1. The third kappa shape index (κ3) is 5.85. The Bertz CT molecular complexity index is 1160. The molecule has 0 saturated heterocycles. The van der Waals surface area contributed by atoms with E-state index in [0.29, 0.717) is 36.8 Å². The number of nitrogens with one attached hydrogen (secondary N) is 2. The Morgan fingerprint density at radius 2 is 2.11 bits per heavy atom. The number of nitriles is 1. The van der Waals surface area contributed by atoms with Crippen LogP contribution in [0.4, 0.5) is 5.82 Å². The van der Waals surface area contributed by atoms with Gasteiger partial charge in [-0.3, -0.25) is 14.4 Å². The third-order valence-corrected chi connectivity index (χ3v) is 6.24. The van der Waals surface area contributed by atoms with E-state index in [1.54, 1.807) is 24.3 Å². The molecular formula is C24H28N6O5. The molecule has 0 bridgehead atoms. The lowest BCUT2D eigenvalue weighted by Crippen LogP contribution is -2.44. The standard InChI is InChI=1S/C24H28N6O5/c1-14(31)27-17-6-7-18(11-17)35-23-19(22(32)30-34-13-24(33)8-3-9-24)20(26)28-21(29-23)16-5-2-4-15(10-16)12-25/h2,4-5,10,17-18,33H,3,6-9,11,13H2,1H3,(H,27,31)(H,30,32)(H2,26,28,29)/t17-,18+/m0/s1. The van der Waals surface area contributed by atoms with Crippen molar-refractivity contribution in [2.45, 2.75) is 63.2 Å². The maximum Gasteiger partial charge on any atom is 0.284 e. The van der Waals surface area contributed by atoms with Crippen LogP contribution in [-0.4, -0.2) is 51.2 Å². The van der Waals surface area contributed by atoms with Gasteiger partial charge in [-0.1, -0.05) is 12.1 Å². The molecule has 2 aromatic rings. The number of hydrogen-bond acceptors (Lipinski definition) is 9. The summed E-state index contributed by atoms with van der Waals surface area (Å²) in [6, 6.07) is 8.72. The van der Waals surface area contributed by atoms with Gasteiger partial charge in [0.2, 0.25) is 11.8 Å². The van der Waals surface area contributed by atoms with E-state index in [4.69, 9.17) is 15.3 Å². The lowest BCUT2D eigenvalue weighted by molar-refractivity contribution is -0.119. The van der Waals surface area contributed by atoms with E-state index in [1.165, 1.54) is 6.92 Å². The Balaban J connectivity index is 1.59. The van der Waals surface area contributed by atoms with E-state index >= 15 is 0 Å². The van der Waals surface area contributed by atoms with Crippen LogP contribution in [0.3, 0.4) is 0 Å². The van der Waals surface area contributed by atoms with E-state index in [-0.39, 0.29) is 47.7 Å². The average molecular weight is 481 g/mol. The maximum absolute atomic E-state index is 13.0. The van der Waals surface area contributed by atoms with Gasteiger partial charge in [-0.05, 0) is 44.2 Å². The number of amides is 2. The summed E-state index contributed by atoms with van der Waals surface area (Å²) in [5.74, 6) is -0.757. The van der Waals surface area contributed by atoms with Crippen molar-refractivity contribution in [3.8, 4) is 23.3 Å². The molecule has 2 fully saturated rings. The van der Waals surface area contributed by atoms with Gasteiger partial charge in [-0.25, -0.2) is 10.5 Å². The van der Waals surface area contributed by atoms with Gasteiger partial charge in [-0.15, -0.1) is 0 Å². The van der Waals surface area contributed by atoms with Gasteiger partial charge in [0, 0.05) is 24.9 Å². The van der Waals surface area contributed by atoms with Gasteiger partial charge < -0.3 is 20.9 Å². The average Bonchev–Trinajstić information content (AvgIpc) is 3.23. The highest BCUT2D eigenvalue weighted by atomic mass is 16.7. The number of aromatic nitrogens is 2. The lowest BCUT2D eigenvalue weighted by Gasteiger charge is -2.35. The Hall–Kier alpha value is -3.75. The predicted molar refractivity (Wildman–Crippen MR) is 125 cm³/mol. The molecule has 2 aliphatic rings. The minimum atomic E-state index is -0.938. The Labute approximate surface area is 202 Å². The van der Waals surface area contributed by atoms with Crippen molar-refractivity contribution >= 4 is 17.6 Å². The molecule has 0 radical (unpaired) electrons. The van der Waals surface area contributed by atoms with Crippen LogP contribution < -0.4 is 21.3 Å². The molecule has 11 heteroatoms. The van der Waals surface area contributed by atoms with E-state index in [1.807, 2.05) is 0 Å². The van der Waals surface area contributed by atoms with Crippen molar-refractivity contribution in [2.24, 2.45) is 0 Å². The number of ether oxygens (including phenoxy) is 1. The second-order valence-electron chi connectivity index (χ2n) is 9.05. The van der Waals surface area contributed by atoms with Crippen molar-refractivity contribution in [2.75, 3.05) is 12.3 Å². The molecule has 2 saturated carbocycles. The smallest absolute Gasteiger partial charge is 0.284 e. The Morgan fingerprint density at radius 1 is 1.31 bits per heavy atom. The molecule has 184 valence electrons. The summed E-state index contributed by atoms with van der Waals surface area (Å²) in [7, 11) is 0. The molecule has 1 aromatic carbocycles. The number of aliphatic hydroxyl groups is 1. The van der Waals surface area contributed by atoms with E-state index in [9.17, 15) is 20.0 Å². The van der Waals surface area contributed by atoms with Crippen molar-refractivity contribution in [1.82, 2.24) is 20.8 Å². The van der Waals surface area contributed by atoms with Crippen LogP contribution in [-0.2, 0) is 9.63 Å².